The summed E-state index contributed by atoms with van der Waals surface area (Å²) in [5.41, 5.74) is 1.73. The van der Waals surface area contributed by atoms with Gasteiger partial charge in [0, 0.05) is 6.07 Å². The first-order chi connectivity index (χ1) is 6.06. The number of rotatable bonds is 2. The average Bonchev–Trinajstić information content (AvgIpc) is 2.07. The lowest BCUT2D eigenvalue weighted by molar-refractivity contribution is 0.407. The summed E-state index contributed by atoms with van der Waals surface area (Å²) in [6, 6.07) is 3.30. The van der Waals surface area contributed by atoms with Crippen molar-refractivity contribution in [2.24, 2.45) is 0 Å². The van der Waals surface area contributed by atoms with E-state index in [4.69, 9.17) is 4.74 Å². The normalized spacial score (nSPS) is 10.6. The first-order valence-corrected chi connectivity index (χ1v) is 4.40. The van der Waals surface area contributed by atoms with Gasteiger partial charge in [-0.15, -0.1) is 0 Å². The molecule has 1 nitrogen and oxygen atoms in total. The van der Waals surface area contributed by atoms with E-state index in [0.717, 1.165) is 11.1 Å². The summed E-state index contributed by atoms with van der Waals surface area (Å²) in [6.45, 7) is 5.87. The summed E-state index contributed by atoms with van der Waals surface area (Å²) in [5.74, 6) is 0.643. The molecule has 0 unspecified atom stereocenters. The Balaban J connectivity index is 3.20. The third-order valence-corrected chi connectivity index (χ3v) is 2.14. The highest BCUT2D eigenvalue weighted by molar-refractivity contribution is 5.38. The molecule has 0 aliphatic carbocycles. The Kier molecular flexibility index (Phi) is 2.91. The van der Waals surface area contributed by atoms with Gasteiger partial charge in [0.15, 0.2) is 0 Å². The second-order valence-electron chi connectivity index (χ2n) is 3.50. The van der Waals surface area contributed by atoms with Gasteiger partial charge in [-0.1, -0.05) is 13.8 Å². The zero-order valence-electron chi connectivity index (χ0n) is 8.52. The highest BCUT2D eigenvalue weighted by Crippen LogP contribution is 2.26. The van der Waals surface area contributed by atoms with E-state index in [1.807, 2.05) is 26.8 Å². The van der Waals surface area contributed by atoms with Gasteiger partial charge in [0.2, 0.25) is 0 Å². The van der Waals surface area contributed by atoms with Crippen LogP contribution in [0.4, 0.5) is 4.39 Å². The Morgan fingerprint density at radius 3 is 2.38 bits per heavy atom. The summed E-state index contributed by atoms with van der Waals surface area (Å²) in [4.78, 5) is 0. The Labute approximate surface area is 78.5 Å². The zero-order chi connectivity index (χ0) is 10.0. The largest absolute Gasteiger partial charge is 0.496 e. The van der Waals surface area contributed by atoms with Crippen molar-refractivity contribution in [3.8, 4) is 5.75 Å². The van der Waals surface area contributed by atoms with Gasteiger partial charge in [-0.05, 0) is 30.0 Å². The van der Waals surface area contributed by atoms with Gasteiger partial charge in [-0.25, -0.2) is 4.39 Å². The summed E-state index contributed by atoms with van der Waals surface area (Å²) in [5, 5.41) is 0. The van der Waals surface area contributed by atoms with E-state index in [0.29, 0.717) is 5.75 Å². The number of aryl methyl sites for hydroxylation is 1. The molecule has 0 N–H and O–H groups in total. The van der Waals surface area contributed by atoms with E-state index in [1.165, 1.54) is 6.07 Å². The lowest BCUT2D eigenvalue weighted by atomic mass is 10.00. The van der Waals surface area contributed by atoms with E-state index in [9.17, 15) is 4.39 Å². The summed E-state index contributed by atoms with van der Waals surface area (Å²) in [6.07, 6.45) is 0. The molecule has 1 aromatic carbocycles. The van der Waals surface area contributed by atoms with Crippen LogP contribution in [-0.2, 0) is 0 Å². The Hall–Kier alpha value is -1.05. The molecule has 1 aromatic rings. The number of hydrogen-bond acceptors (Lipinski definition) is 1. The summed E-state index contributed by atoms with van der Waals surface area (Å²) < 4.78 is 18.4. The molecule has 0 saturated heterocycles. The summed E-state index contributed by atoms with van der Waals surface area (Å²) >= 11 is 0. The molecule has 0 atom stereocenters. The van der Waals surface area contributed by atoms with E-state index in [1.54, 1.807) is 7.11 Å². The molecule has 0 aromatic heterocycles. The van der Waals surface area contributed by atoms with Crippen LogP contribution in [0.1, 0.15) is 30.9 Å². The van der Waals surface area contributed by atoms with Crippen molar-refractivity contribution in [2.75, 3.05) is 7.11 Å². The van der Waals surface area contributed by atoms with E-state index >= 15 is 0 Å². The Morgan fingerprint density at radius 2 is 1.92 bits per heavy atom. The Morgan fingerprint density at radius 1 is 1.31 bits per heavy atom. The number of methoxy groups -OCH3 is 1. The van der Waals surface area contributed by atoms with Crippen molar-refractivity contribution in [3.05, 3.63) is 29.1 Å². The number of benzene rings is 1. The molecular formula is C11H15FO. The monoisotopic (exact) mass is 182 g/mol. The number of halogens is 1. The van der Waals surface area contributed by atoms with Crippen LogP contribution in [0, 0.1) is 12.7 Å². The molecule has 0 aliphatic heterocycles. The molecule has 72 valence electrons. The van der Waals surface area contributed by atoms with E-state index in [-0.39, 0.29) is 11.7 Å². The number of ether oxygens (including phenoxy) is 1. The molecule has 1 rings (SSSR count). The second-order valence-corrected chi connectivity index (χ2v) is 3.50. The molecule has 2 heteroatoms. The van der Waals surface area contributed by atoms with Crippen molar-refractivity contribution in [3.63, 3.8) is 0 Å². The van der Waals surface area contributed by atoms with Crippen LogP contribution in [0.5, 0.6) is 5.75 Å². The topological polar surface area (TPSA) is 9.23 Å². The average molecular weight is 182 g/mol. The third-order valence-electron chi connectivity index (χ3n) is 2.14. The minimum Gasteiger partial charge on any atom is -0.496 e. The zero-order valence-corrected chi connectivity index (χ0v) is 8.52. The van der Waals surface area contributed by atoms with Crippen molar-refractivity contribution in [1.82, 2.24) is 0 Å². The van der Waals surface area contributed by atoms with Gasteiger partial charge >= 0.3 is 0 Å². The van der Waals surface area contributed by atoms with Gasteiger partial charge in [0.25, 0.3) is 0 Å². The lowest BCUT2D eigenvalue weighted by Gasteiger charge is -2.11. The molecule has 0 bridgehead atoms. The van der Waals surface area contributed by atoms with Crippen LogP contribution in [0.15, 0.2) is 12.1 Å². The lowest BCUT2D eigenvalue weighted by Crippen LogP contribution is -1.96. The van der Waals surface area contributed by atoms with E-state index < -0.39 is 0 Å². The number of hydrogen-bond donors (Lipinski definition) is 0. The van der Waals surface area contributed by atoms with Gasteiger partial charge in [-0.2, -0.15) is 0 Å². The van der Waals surface area contributed by atoms with Crippen LogP contribution in [0.3, 0.4) is 0 Å². The molecule has 0 radical (unpaired) electrons. The van der Waals surface area contributed by atoms with Crippen LogP contribution in [-0.4, -0.2) is 7.11 Å². The van der Waals surface area contributed by atoms with Crippen LogP contribution >= 0.6 is 0 Å². The smallest absolute Gasteiger partial charge is 0.130 e. The fraction of sp³-hybridized carbons (Fsp3) is 0.455. The maximum absolute atomic E-state index is 13.4. The van der Waals surface area contributed by atoms with Crippen LogP contribution in [0.2, 0.25) is 0 Å². The highest BCUT2D eigenvalue weighted by atomic mass is 19.1. The van der Waals surface area contributed by atoms with E-state index in [2.05, 4.69) is 0 Å². The van der Waals surface area contributed by atoms with Crippen LogP contribution in [0.25, 0.3) is 0 Å². The molecule has 13 heavy (non-hydrogen) atoms. The first kappa shape index (κ1) is 10.0. The molecule has 0 heterocycles. The SMILES string of the molecule is COc1cc(F)c(C(C)C)cc1C. The minimum atomic E-state index is -0.183. The van der Waals surface area contributed by atoms with Crippen molar-refractivity contribution in [2.45, 2.75) is 26.7 Å². The Bertz CT molecular complexity index is 305. The minimum absolute atomic E-state index is 0.183. The molecule has 0 aliphatic rings. The predicted octanol–water partition coefficient (Wildman–Crippen LogP) is 3.27. The maximum Gasteiger partial charge on any atom is 0.130 e. The van der Waals surface area contributed by atoms with Crippen molar-refractivity contribution in [1.29, 1.82) is 0 Å². The fourth-order valence-electron chi connectivity index (χ4n) is 1.35. The molecule has 0 spiro atoms. The fourth-order valence-corrected chi connectivity index (χ4v) is 1.35. The molecular weight excluding hydrogens is 167 g/mol. The second kappa shape index (κ2) is 3.77. The van der Waals surface area contributed by atoms with Gasteiger partial charge in [0.05, 0.1) is 7.11 Å². The predicted molar refractivity (Wildman–Crippen MR) is 51.8 cm³/mol. The maximum atomic E-state index is 13.4. The molecule has 0 amide bonds. The van der Waals surface area contributed by atoms with Crippen LogP contribution < -0.4 is 4.74 Å². The molecule has 0 fully saturated rings. The quantitative estimate of drug-likeness (QED) is 0.682. The highest BCUT2D eigenvalue weighted by Gasteiger charge is 2.09. The van der Waals surface area contributed by atoms with Gasteiger partial charge in [-0.3, -0.25) is 0 Å². The first-order valence-electron chi connectivity index (χ1n) is 4.40. The van der Waals surface area contributed by atoms with Gasteiger partial charge in [0.1, 0.15) is 11.6 Å². The van der Waals surface area contributed by atoms with Crippen molar-refractivity contribution < 1.29 is 9.13 Å². The standard InChI is InChI=1S/C11H15FO/c1-7(2)9-5-8(3)11(13-4)6-10(9)12/h5-7H,1-4H3. The van der Waals surface area contributed by atoms with Gasteiger partial charge < -0.3 is 4.74 Å². The van der Waals surface area contributed by atoms with Crippen molar-refractivity contribution >= 4 is 0 Å². The summed E-state index contributed by atoms with van der Waals surface area (Å²) in [7, 11) is 1.55. The molecule has 0 saturated carbocycles. The third kappa shape index (κ3) is 2.00.